The van der Waals surface area contributed by atoms with Crippen molar-refractivity contribution in [3.8, 4) is 0 Å². The zero-order valence-corrected chi connectivity index (χ0v) is 9.87. The number of amides is 1. The van der Waals surface area contributed by atoms with Gasteiger partial charge in [0.25, 0.3) is 0 Å². The van der Waals surface area contributed by atoms with Crippen LogP contribution in [0, 0.1) is 0 Å². The standard InChI is InChI=1S/C13H17NO3/c1-10(11-5-3-2-4-6-11)14-7-12(8-15)17-9-13(14)16/h2-6,10,12,15H,7-9H2,1H3. The van der Waals surface area contributed by atoms with Crippen LogP contribution in [0.5, 0.6) is 0 Å². The molecule has 0 bridgehead atoms. The molecule has 2 atom stereocenters. The minimum absolute atomic E-state index is 0.0154. The third kappa shape index (κ3) is 2.65. The molecule has 1 aromatic rings. The van der Waals surface area contributed by atoms with Crippen molar-refractivity contribution < 1.29 is 14.6 Å². The van der Waals surface area contributed by atoms with Crippen LogP contribution in [0.25, 0.3) is 0 Å². The number of carbonyl (C=O) groups is 1. The second-order valence-corrected chi connectivity index (χ2v) is 4.25. The number of carbonyl (C=O) groups excluding carboxylic acids is 1. The van der Waals surface area contributed by atoms with E-state index in [0.717, 1.165) is 5.56 Å². The van der Waals surface area contributed by atoms with Gasteiger partial charge in [-0.2, -0.15) is 0 Å². The average Bonchev–Trinajstić information content (AvgIpc) is 2.39. The largest absolute Gasteiger partial charge is 0.394 e. The lowest BCUT2D eigenvalue weighted by atomic mass is 10.1. The number of ether oxygens (including phenoxy) is 1. The Labute approximate surface area is 101 Å². The van der Waals surface area contributed by atoms with Gasteiger partial charge in [-0.15, -0.1) is 0 Å². The molecule has 1 aromatic carbocycles. The fraction of sp³-hybridized carbons (Fsp3) is 0.462. The summed E-state index contributed by atoms with van der Waals surface area (Å²) in [4.78, 5) is 13.6. The van der Waals surface area contributed by atoms with Crippen molar-refractivity contribution in [2.45, 2.75) is 19.1 Å². The molecule has 2 unspecified atom stereocenters. The lowest BCUT2D eigenvalue weighted by Crippen LogP contribution is -2.48. The first-order valence-electron chi connectivity index (χ1n) is 5.79. The Hall–Kier alpha value is -1.39. The van der Waals surface area contributed by atoms with Gasteiger partial charge >= 0.3 is 0 Å². The first kappa shape index (κ1) is 12.1. The SMILES string of the molecule is CC(c1ccccc1)N1CC(CO)OCC1=O. The van der Waals surface area contributed by atoms with E-state index in [-0.39, 0.29) is 31.3 Å². The highest BCUT2D eigenvalue weighted by Crippen LogP contribution is 2.22. The summed E-state index contributed by atoms with van der Waals surface area (Å²) in [6.45, 7) is 2.45. The minimum atomic E-state index is -0.265. The summed E-state index contributed by atoms with van der Waals surface area (Å²) >= 11 is 0. The summed E-state index contributed by atoms with van der Waals surface area (Å²) in [5, 5.41) is 9.08. The van der Waals surface area contributed by atoms with Crippen LogP contribution in [0.3, 0.4) is 0 Å². The van der Waals surface area contributed by atoms with Gasteiger partial charge in [0.05, 0.1) is 18.8 Å². The number of benzene rings is 1. The van der Waals surface area contributed by atoms with E-state index in [1.54, 1.807) is 4.90 Å². The van der Waals surface area contributed by atoms with Gasteiger partial charge in [-0.25, -0.2) is 0 Å². The molecule has 0 aromatic heterocycles. The number of rotatable bonds is 3. The van der Waals surface area contributed by atoms with Crippen LogP contribution in [0.2, 0.25) is 0 Å². The van der Waals surface area contributed by atoms with Crippen molar-refractivity contribution in [1.29, 1.82) is 0 Å². The van der Waals surface area contributed by atoms with Gasteiger partial charge in [-0.3, -0.25) is 4.79 Å². The van der Waals surface area contributed by atoms with Crippen molar-refractivity contribution in [3.05, 3.63) is 35.9 Å². The smallest absolute Gasteiger partial charge is 0.249 e. The monoisotopic (exact) mass is 235 g/mol. The molecule has 92 valence electrons. The fourth-order valence-electron chi connectivity index (χ4n) is 2.04. The van der Waals surface area contributed by atoms with Gasteiger partial charge in [0.15, 0.2) is 0 Å². The molecular weight excluding hydrogens is 218 g/mol. The zero-order chi connectivity index (χ0) is 12.3. The van der Waals surface area contributed by atoms with E-state index in [2.05, 4.69) is 0 Å². The number of hydrogen-bond donors (Lipinski definition) is 1. The van der Waals surface area contributed by atoms with E-state index in [1.165, 1.54) is 0 Å². The highest BCUT2D eigenvalue weighted by atomic mass is 16.5. The number of aliphatic hydroxyl groups excluding tert-OH is 1. The molecule has 1 heterocycles. The third-order valence-electron chi connectivity index (χ3n) is 3.12. The van der Waals surface area contributed by atoms with E-state index >= 15 is 0 Å². The summed E-state index contributed by atoms with van der Waals surface area (Å²) < 4.78 is 5.21. The van der Waals surface area contributed by atoms with Crippen LogP contribution in [0.4, 0.5) is 0 Å². The molecule has 1 aliphatic heterocycles. The molecule has 1 amide bonds. The number of nitrogens with zero attached hydrogens (tertiary/aromatic N) is 1. The Morgan fingerprint density at radius 1 is 1.47 bits per heavy atom. The summed E-state index contributed by atoms with van der Waals surface area (Å²) in [6.07, 6.45) is -0.265. The first-order chi connectivity index (χ1) is 8.22. The lowest BCUT2D eigenvalue weighted by molar-refractivity contribution is -0.154. The quantitative estimate of drug-likeness (QED) is 0.849. The van der Waals surface area contributed by atoms with Crippen LogP contribution in [0.1, 0.15) is 18.5 Å². The summed E-state index contributed by atoms with van der Waals surface area (Å²) in [6, 6.07) is 9.89. The molecule has 1 N–H and O–H groups in total. The number of aliphatic hydroxyl groups is 1. The highest BCUT2D eigenvalue weighted by molar-refractivity contribution is 5.78. The molecule has 0 spiro atoms. The predicted molar refractivity (Wildman–Crippen MR) is 63.4 cm³/mol. The number of morpholine rings is 1. The van der Waals surface area contributed by atoms with E-state index in [4.69, 9.17) is 9.84 Å². The number of hydrogen-bond acceptors (Lipinski definition) is 3. The highest BCUT2D eigenvalue weighted by Gasteiger charge is 2.29. The molecule has 0 saturated carbocycles. The van der Waals surface area contributed by atoms with Gasteiger partial charge in [0.1, 0.15) is 6.61 Å². The summed E-state index contributed by atoms with van der Waals surface area (Å²) in [5.74, 6) is -0.0222. The molecule has 1 saturated heterocycles. The molecule has 0 radical (unpaired) electrons. The predicted octanol–water partition coefficient (Wildman–Crippen LogP) is 0.967. The van der Waals surface area contributed by atoms with Gasteiger partial charge in [0.2, 0.25) is 5.91 Å². The van der Waals surface area contributed by atoms with Crippen molar-refractivity contribution >= 4 is 5.91 Å². The van der Waals surface area contributed by atoms with E-state index < -0.39 is 0 Å². The van der Waals surface area contributed by atoms with Gasteiger partial charge in [-0.1, -0.05) is 30.3 Å². The second kappa shape index (κ2) is 5.29. The molecule has 0 aliphatic carbocycles. The second-order valence-electron chi connectivity index (χ2n) is 4.25. The molecule has 17 heavy (non-hydrogen) atoms. The van der Waals surface area contributed by atoms with Crippen molar-refractivity contribution in [1.82, 2.24) is 4.90 Å². The van der Waals surface area contributed by atoms with Crippen LogP contribution in [-0.2, 0) is 9.53 Å². The van der Waals surface area contributed by atoms with Gasteiger partial charge in [-0.05, 0) is 12.5 Å². The summed E-state index contributed by atoms with van der Waals surface area (Å²) in [5.41, 5.74) is 1.10. The van der Waals surface area contributed by atoms with Crippen molar-refractivity contribution in [2.75, 3.05) is 19.8 Å². The molecule has 2 rings (SSSR count). The van der Waals surface area contributed by atoms with Gasteiger partial charge < -0.3 is 14.7 Å². The van der Waals surface area contributed by atoms with Crippen molar-refractivity contribution in [2.24, 2.45) is 0 Å². The maximum atomic E-state index is 11.8. The van der Waals surface area contributed by atoms with Crippen molar-refractivity contribution in [3.63, 3.8) is 0 Å². The lowest BCUT2D eigenvalue weighted by Gasteiger charge is -2.36. The molecule has 1 aliphatic rings. The molecule has 1 fully saturated rings. The maximum absolute atomic E-state index is 11.8. The Morgan fingerprint density at radius 3 is 2.82 bits per heavy atom. The minimum Gasteiger partial charge on any atom is -0.394 e. The van der Waals surface area contributed by atoms with Crippen LogP contribution < -0.4 is 0 Å². The normalized spacial score (nSPS) is 22.6. The summed E-state index contributed by atoms with van der Waals surface area (Å²) in [7, 11) is 0. The topological polar surface area (TPSA) is 49.8 Å². The Morgan fingerprint density at radius 2 is 2.18 bits per heavy atom. The molecular formula is C13H17NO3. The van der Waals surface area contributed by atoms with Crippen LogP contribution >= 0.6 is 0 Å². The maximum Gasteiger partial charge on any atom is 0.249 e. The Balaban J connectivity index is 2.12. The fourth-order valence-corrected chi connectivity index (χ4v) is 2.04. The van der Waals surface area contributed by atoms with Crippen LogP contribution in [0.15, 0.2) is 30.3 Å². The van der Waals surface area contributed by atoms with Gasteiger partial charge in [0, 0.05) is 6.54 Å². The third-order valence-corrected chi connectivity index (χ3v) is 3.12. The average molecular weight is 235 g/mol. The van der Waals surface area contributed by atoms with Crippen LogP contribution in [-0.4, -0.2) is 41.8 Å². The molecule has 4 heteroatoms. The zero-order valence-electron chi connectivity index (χ0n) is 9.87. The van der Waals surface area contributed by atoms with E-state index in [1.807, 2.05) is 37.3 Å². The Bertz CT molecular complexity index is 380. The Kier molecular flexibility index (Phi) is 3.76. The first-order valence-corrected chi connectivity index (χ1v) is 5.79. The van der Waals surface area contributed by atoms with E-state index in [0.29, 0.717) is 6.54 Å². The molecule has 4 nitrogen and oxygen atoms in total. The van der Waals surface area contributed by atoms with E-state index in [9.17, 15) is 4.79 Å².